The van der Waals surface area contributed by atoms with E-state index < -0.39 is 0 Å². The van der Waals surface area contributed by atoms with Crippen LogP contribution >= 0.6 is 27.7 Å². The van der Waals surface area contributed by atoms with Gasteiger partial charge in [-0.15, -0.1) is 18.2 Å². The highest BCUT2D eigenvalue weighted by Crippen LogP contribution is 2.20. The van der Waals surface area contributed by atoms with E-state index in [-0.39, 0.29) is 5.91 Å². The average molecular weight is 284 g/mol. The van der Waals surface area contributed by atoms with Gasteiger partial charge in [0.25, 0.3) is 0 Å². The third-order valence-corrected chi connectivity index (χ3v) is 3.11. The molecule has 0 aliphatic rings. The average Bonchev–Trinajstić information content (AvgIpc) is 2.25. The third kappa shape index (κ3) is 4.91. The number of hydrogen-bond donors (Lipinski definition) is 1. The van der Waals surface area contributed by atoms with Crippen molar-refractivity contribution in [2.24, 2.45) is 0 Å². The largest absolute Gasteiger partial charge is 0.344 e. The summed E-state index contributed by atoms with van der Waals surface area (Å²) < 4.78 is 1.03. The number of rotatable bonds is 4. The second kappa shape index (κ2) is 6.54. The fourth-order valence-electron chi connectivity index (χ4n) is 0.880. The molecule has 0 fully saturated rings. The smallest absolute Gasteiger partial charge is 0.231 e. The third-order valence-electron chi connectivity index (χ3n) is 1.57. The monoisotopic (exact) mass is 283 g/mol. The lowest BCUT2D eigenvalue weighted by Gasteiger charge is -2.01. The van der Waals surface area contributed by atoms with Gasteiger partial charge in [-0.1, -0.05) is 21.9 Å². The van der Waals surface area contributed by atoms with Crippen molar-refractivity contribution in [2.75, 3.05) is 12.3 Å². The Labute approximate surface area is 102 Å². The first-order valence-electron chi connectivity index (χ1n) is 4.31. The Bertz CT molecular complexity index is 369. The van der Waals surface area contributed by atoms with Gasteiger partial charge < -0.3 is 5.32 Å². The molecule has 0 saturated heterocycles. The number of benzene rings is 1. The van der Waals surface area contributed by atoms with E-state index >= 15 is 0 Å². The second-order valence-electron chi connectivity index (χ2n) is 2.72. The van der Waals surface area contributed by atoms with Gasteiger partial charge in [0, 0.05) is 9.37 Å². The summed E-state index contributed by atoms with van der Waals surface area (Å²) in [6, 6.07) is 7.82. The number of amides is 1. The first-order valence-corrected chi connectivity index (χ1v) is 6.09. The molecule has 15 heavy (non-hydrogen) atoms. The van der Waals surface area contributed by atoms with Gasteiger partial charge in [-0.2, -0.15) is 0 Å². The number of terminal acetylenes is 1. The molecule has 1 aromatic carbocycles. The standard InChI is InChI=1S/C11H10BrNOS/c1-2-7-13-11(14)8-15-10-5-3-9(12)4-6-10/h1,3-6H,7-8H2,(H,13,14). The molecule has 1 amide bonds. The Morgan fingerprint density at radius 3 is 2.73 bits per heavy atom. The zero-order valence-electron chi connectivity index (χ0n) is 8.00. The first-order chi connectivity index (χ1) is 7.22. The van der Waals surface area contributed by atoms with Crippen LogP contribution in [0.4, 0.5) is 0 Å². The molecule has 1 aromatic rings. The quantitative estimate of drug-likeness (QED) is 0.679. The van der Waals surface area contributed by atoms with Crippen LogP contribution in [0.5, 0.6) is 0 Å². The van der Waals surface area contributed by atoms with Crippen molar-refractivity contribution in [3.8, 4) is 12.3 Å². The lowest BCUT2D eigenvalue weighted by molar-refractivity contribution is -0.118. The SMILES string of the molecule is C#CCNC(=O)CSc1ccc(Br)cc1. The van der Waals surface area contributed by atoms with E-state index in [1.54, 1.807) is 0 Å². The van der Waals surface area contributed by atoms with E-state index in [4.69, 9.17) is 6.42 Å². The van der Waals surface area contributed by atoms with Crippen LogP contribution < -0.4 is 5.32 Å². The summed E-state index contributed by atoms with van der Waals surface area (Å²) in [5.74, 6) is 2.71. The fourth-order valence-corrected chi connectivity index (χ4v) is 1.87. The highest BCUT2D eigenvalue weighted by molar-refractivity contribution is 9.10. The molecular weight excluding hydrogens is 274 g/mol. The van der Waals surface area contributed by atoms with Crippen molar-refractivity contribution >= 4 is 33.6 Å². The lowest BCUT2D eigenvalue weighted by atomic mass is 10.4. The van der Waals surface area contributed by atoms with E-state index in [9.17, 15) is 4.79 Å². The zero-order valence-corrected chi connectivity index (χ0v) is 10.4. The highest BCUT2D eigenvalue weighted by atomic mass is 79.9. The van der Waals surface area contributed by atoms with Crippen LogP contribution in [0.25, 0.3) is 0 Å². The maximum Gasteiger partial charge on any atom is 0.231 e. The van der Waals surface area contributed by atoms with Crippen molar-refractivity contribution in [2.45, 2.75) is 4.90 Å². The molecule has 0 aromatic heterocycles. The van der Waals surface area contributed by atoms with Gasteiger partial charge in [0.15, 0.2) is 0 Å². The van der Waals surface area contributed by atoms with Crippen LogP contribution in [-0.4, -0.2) is 18.2 Å². The summed E-state index contributed by atoms with van der Waals surface area (Å²) in [5, 5.41) is 2.61. The van der Waals surface area contributed by atoms with Crippen LogP contribution in [-0.2, 0) is 4.79 Å². The van der Waals surface area contributed by atoms with Crippen LogP contribution in [0, 0.1) is 12.3 Å². The molecule has 0 bridgehead atoms. The molecule has 1 N–H and O–H groups in total. The lowest BCUT2D eigenvalue weighted by Crippen LogP contribution is -2.25. The first kappa shape index (κ1) is 12.2. The number of carbonyl (C=O) groups excluding carboxylic acids is 1. The number of carbonyl (C=O) groups is 1. The molecule has 0 aliphatic heterocycles. The normalized spacial score (nSPS) is 9.33. The van der Waals surface area contributed by atoms with Crippen LogP contribution in [0.15, 0.2) is 33.6 Å². The van der Waals surface area contributed by atoms with Crippen LogP contribution in [0.3, 0.4) is 0 Å². The molecule has 2 nitrogen and oxygen atoms in total. The Kier molecular flexibility index (Phi) is 5.30. The van der Waals surface area contributed by atoms with Gasteiger partial charge in [-0.25, -0.2) is 0 Å². The summed E-state index contributed by atoms with van der Waals surface area (Å²) in [5.41, 5.74) is 0. The predicted octanol–water partition coefficient (Wildman–Crippen LogP) is 2.29. The van der Waals surface area contributed by atoms with Crippen LogP contribution in [0.2, 0.25) is 0 Å². The number of nitrogens with one attached hydrogen (secondary N) is 1. The zero-order chi connectivity index (χ0) is 11.1. The summed E-state index contributed by atoms with van der Waals surface area (Å²) in [6.07, 6.45) is 5.02. The van der Waals surface area contributed by atoms with E-state index in [0.29, 0.717) is 12.3 Å². The Balaban J connectivity index is 2.34. The van der Waals surface area contributed by atoms with Gasteiger partial charge >= 0.3 is 0 Å². The van der Waals surface area contributed by atoms with Gasteiger partial charge in [0.05, 0.1) is 12.3 Å². The van der Waals surface area contributed by atoms with Crippen molar-refractivity contribution in [1.29, 1.82) is 0 Å². The van der Waals surface area contributed by atoms with E-state index in [0.717, 1.165) is 9.37 Å². The van der Waals surface area contributed by atoms with Gasteiger partial charge in [0.1, 0.15) is 0 Å². The summed E-state index contributed by atoms with van der Waals surface area (Å²) in [7, 11) is 0. The molecule has 0 atom stereocenters. The van der Waals surface area contributed by atoms with Gasteiger partial charge in [0.2, 0.25) is 5.91 Å². The maximum absolute atomic E-state index is 11.2. The minimum atomic E-state index is -0.0409. The number of hydrogen-bond acceptors (Lipinski definition) is 2. The Morgan fingerprint density at radius 1 is 1.47 bits per heavy atom. The molecule has 78 valence electrons. The molecule has 0 aliphatic carbocycles. The molecule has 1 rings (SSSR count). The van der Waals surface area contributed by atoms with Crippen molar-refractivity contribution in [3.05, 3.63) is 28.7 Å². The van der Waals surface area contributed by atoms with E-state index in [2.05, 4.69) is 27.2 Å². The second-order valence-corrected chi connectivity index (χ2v) is 4.69. The maximum atomic E-state index is 11.2. The number of thioether (sulfide) groups is 1. The molecule has 0 radical (unpaired) electrons. The van der Waals surface area contributed by atoms with E-state index in [1.165, 1.54) is 11.8 Å². The predicted molar refractivity (Wildman–Crippen MR) is 66.7 cm³/mol. The molecule has 0 spiro atoms. The summed E-state index contributed by atoms with van der Waals surface area (Å²) in [4.78, 5) is 12.3. The topological polar surface area (TPSA) is 29.1 Å². The highest BCUT2D eigenvalue weighted by Gasteiger charge is 2.00. The minimum absolute atomic E-state index is 0.0409. The fraction of sp³-hybridized carbons (Fsp3) is 0.182. The van der Waals surface area contributed by atoms with Crippen molar-refractivity contribution in [1.82, 2.24) is 5.32 Å². The van der Waals surface area contributed by atoms with Gasteiger partial charge in [-0.3, -0.25) is 4.79 Å². The van der Waals surface area contributed by atoms with Crippen molar-refractivity contribution in [3.63, 3.8) is 0 Å². The van der Waals surface area contributed by atoms with Crippen molar-refractivity contribution < 1.29 is 4.79 Å². The van der Waals surface area contributed by atoms with E-state index in [1.807, 2.05) is 24.3 Å². The molecule has 0 unspecified atom stereocenters. The Morgan fingerprint density at radius 2 is 2.13 bits per heavy atom. The molecular formula is C11H10BrNOS. The van der Waals surface area contributed by atoms with Gasteiger partial charge in [-0.05, 0) is 24.3 Å². The molecule has 0 saturated carbocycles. The summed E-state index contributed by atoms with van der Waals surface area (Å²) >= 11 is 4.84. The molecule has 0 heterocycles. The Hall–Kier alpha value is -0.920. The summed E-state index contributed by atoms with van der Waals surface area (Å²) in [6.45, 7) is 0.291. The molecule has 4 heteroatoms. The minimum Gasteiger partial charge on any atom is -0.344 e. The van der Waals surface area contributed by atoms with Crippen LogP contribution in [0.1, 0.15) is 0 Å². The number of halogens is 1.